The van der Waals surface area contributed by atoms with Gasteiger partial charge in [0.05, 0.1) is 17.5 Å². The molecule has 118 valence electrons. The molecule has 3 aliphatic rings. The molecule has 4 rings (SSSR count). The first-order chi connectivity index (χ1) is 10.7. The summed E-state index contributed by atoms with van der Waals surface area (Å²) in [6, 6.07) is 3.99. The molecule has 1 saturated carbocycles. The van der Waals surface area contributed by atoms with E-state index < -0.39 is 0 Å². The van der Waals surface area contributed by atoms with E-state index in [4.69, 9.17) is 4.74 Å². The van der Waals surface area contributed by atoms with Crippen LogP contribution >= 0.6 is 11.8 Å². The van der Waals surface area contributed by atoms with Crippen molar-refractivity contribution >= 4 is 17.7 Å². The number of hydrogen-bond acceptors (Lipinski definition) is 4. The van der Waals surface area contributed by atoms with Crippen LogP contribution in [0.15, 0.2) is 24.5 Å². The lowest BCUT2D eigenvalue weighted by atomic mass is 9.92. The summed E-state index contributed by atoms with van der Waals surface area (Å²) in [6.45, 7) is 4.65. The molecule has 3 fully saturated rings. The molecule has 0 radical (unpaired) electrons. The fourth-order valence-corrected chi connectivity index (χ4v) is 5.08. The number of carbonyl (C=O) groups is 1. The molecule has 0 N–H and O–H groups in total. The highest BCUT2D eigenvalue weighted by atomic mass is 32.2. The highest BCUT2D eigenvalue weighted by molar-refractivity contribution is 8.01. The Morgan fingerprint density at radius 1 is 1.55 bits per heavy atom. The van der Waals surface area contributed by atoms with Crippen molar-refractivity contribution in [2.24, 2.45) is 11.8 Å². The highest BCUT2D eigenvalue weighted by Gasteiger charge is 2.53. The number of likely N-dealkylation sites (tertiary alicyclic amines) is 1. The number of pyridine rings is 1. The standard InChI is InChI=1S/C17H22N2O2S/c1-12-5-15(12)16(20)19-10-17(11-19)6-14(9-22-17)21-8-13-3-2-4-18-7-13/h2-4,7,12,14-15H,5-6,8-11H2,1H3/t12-,14-,15+/m1/s1. The van der Waals surface area contributed by atoms with Crippen LogP contribution in [-0.2, 0) is 16.1 Å². The fourth-order valence-electron chi connectivity index (χ4n) is 3.53. The first-order valence-electron chi connectivity index (χ1n) is 8.08. The van der Waals surface area contributed by atoms with Gasteiger partial charge in [-0.3, -0.25) is 9.78 Å². The van der Waals surface area contributed by atoms with E-state index in [1.54, 1.807) is 6.20 Å². The van der Waals surface area contributed by atoms with Gasteiger partial charge in [0, 0.05) is 37.2 Å². The van der Waals surface area contributed by atoms with Gasteiger partial charge in [-0.05, 0) is 30.4 Å². The van der Waals surface area contributed by atoms with Crippen LogP contribution in [0.5, 0.6) is 0 Å². The van der Waals surface area contributed by atoms with Gasteiger partial charge in [0.25, 0.3) is 0 Å². The van der Waals surface area contributed by atoms with Gasteiger partial charge in [-0.2, -0.15) is 0 Å². The number of amides is 1. The molecule has 0 bridgehead atoms. The van der Waals surface area contributed by atoms with E-state index in [9.17, 15) is 4.79 Å². The van der Waals surface area contributed by atoms with Crippen molar-refractivity contribution in [2.45, 2.75) is 37.2 Å². The monoisotopic (exact) mass is 318 g/mol. The maximum atomic E-state index is 12.2. The molecule has 2 saturated heterocycles. The van der Waals surface area contributed by atoms with Crippen LogP contribution in [-0.4, -0.2) is 45.5 Å². The summed E-state index contributed by atoms with van der Waals surface area (Å²) >= 11 is 1.99. The van der Waals surface area contributed by atoms with Gasteiger partial charge in [-0.25, -0.2) is 0 Å². The van der Waals surface area contributed by atoms with Gasteiger partial charge in [0.1, 0.15) is 0 Å². The Morgan fingerprint density at radius 2 is 2.36 bits per heavy atom. The zero-order valence-electron chi connectivity index (χ0n) is 12.9. The zero-order valence-corrected chi connectivity index (χ0v) is 13.7. The van der Waals surface area contributed by atoms with Crippen molar-refractivity contribution in [3.8, 4) is 0 Å². The zero-order chi connectivity index (χ0) is 15.2. The van der Waals surface area contributed by atoms with Crippen molar-refractivity contribution in [3.63, 3.8) is 0 Å². The van der Waals surface area contributed by atoms with E-state index >= 15 is 0 Å². The summed E-state index contributed by atoms with van der Waals surface area (Å²) < 4.78 is 6.30. The summed E-state index contributed by atoms with van der Waals surface area (Å²) in [5.41, 5.74) is 1.13. The van der Waals surface area contributed by atoms with E-state index in [1.807, 2.05) is 30.1 Å². The third-order valence-electron chi connectivity index (χ3n) is 5.08. The van der Waals surface area contributed by atoms with Crippen molar-refractivity contribution in [1.82, 2.24) is 9.88 Å². The third kappa shape index (κ3) is 2.76. The minimum Gasteiger partial charge on any atom is -0.373 e. The number of nitrogens with zero attached hydrogens (tertiary/aromatic N) is 2. The lowest BCUT2D eigenvalue weighted by Crippen LogP contribution is -2.61. The molecule has 22 heavy (non-hydrogen) atoms. The minimum atomic E-state index is 0.271. The van der Waals surface area contributed by atoms with Crippen LogP contribution < -0.4 is 0 Å². The molecular weight excluding hydrogens is 296 g/mol. The molecular formula is C17H22N2O2S. The number of carbonyl (C=O) groups excluding carboxylic acids is 1. The lowest BCUT2D eigenvalue weighted by molar-refractivity contribution is -0.138. The highest BCUT2D eigenvalue weighted by Crippen LogP contribution is 2.48. The number of rotatable bonds is 4. The second-order valence-electron chi connectivity index (χ2n) is 7.01. The lowest BCUT2D eigenvalue weighted by Gasteiger charge is -2.47. The van der Waals surface area contributed by atoms with E-state index in [-0.39, 0.29) is 4.75 Å². The van der Waals surface area contributed by atoms with Crippen LogP contribution in [0.4, 0.5) is 0 Å². The molecule has 1 aromatic heterocycles. The van der Waals surface area contributed by atoms with Crippen LogP contribution in [0.2, 0.25) is 0 Å². The molecule has 1 aliphatic carbocycles. The Labute approximate surface area is 135 Å². The summed E-state index contributed by atoms with van der Waals surface area (Å²) in [5, 5.41) is 0. The Morgan fingerprint density at radius 3 is 3.05 bits per heavy atom. The molecule has 1 aromatic rings. The average molecular weight is 318 g/mol. The maximum Gasteiger partial charge on any atom is 0.226 e. The largest absolute Gasteiger partial charge is 0.373 e. The van der Waals surface area contributed by atoms with Gasteiger partial charge < -0.3 is 9.64 Å². The van der Waals surface area contributed by atoms with Gasteiger partial charge in [0.2, 0.25) is 5.91 Å². The summed E-state index contributed by atoms with van der Waals surface area (Å²) in [5.74, 6) is 2.36. The Kier molecular flexibility index (Phi) is 3.65. The molecule has 0 unspecified atom stereocenters. The van der Waals surface area contributed by atoms with Crippen LogP contribution in [0, 0.1) is 11.8 Å². The smallest absolute Gasteiger partial charge is 0.226 e. The molecule has 1 spiro atoms. The SMILES string of the molecule is C[C@@H]1C[C@@H]1C(=O)N1CC2(C[C@@H](OCc3cccnc3)CS2)C1. The van der Waals surface area contributed by atoms with Crippen LogP contribution in [0.1, 0.15) is 25.3 Å². The number of ether oxygens (including phenoxy) is 1. The summed E-state index contributed by atoms with van der Waals surface area (Å²) in [7, 11) is 0. The van der Waals surface area contributed by atoms with Crippen molar-refractivity contribution in [2.75, 3.05) is 18.8 Å². The molecule has 3 heterocycles. The first kappa shape index (κ1) is 14.5. The predicted molar refractivity (Wildman–Crippen MR) is 86.5 cm³/mol. The third-order valence-corrected chi connectivity index (χ3v) is 6.66. The van der Waals surface area contributed by atoms with Crippen LogP contribution in [0.25, 0.3) is 0 Å². The normalized spacial score (nSPS) is 32.0. The molecule has 4 nitrogen and oxygen atoms in total. The fraction of sp³-hybridized carbons (Fsp3) is 0.647. The van der Waals surface area contributed by atoms with Gasteiger partial charge in [0.15, 0.2) is 0 Å². The van der Waals surface area contributed by atoms with Gasteiger partial charge in [-0.1, -0.05) is 13.0 Å². The van der Waals surface area contributed by atoms with Crippen molar-refractivity contribution in [1.29, 1.82) is 0 Å². The van der Waals surface area contributed by atoms with Crippen LogP contribution in [0.3, 0.4) is 0 Å². The van der Waals surface area contributed by atoms with E-state index in [0.29, 0.717) is 30.5 Å². The first-order valence-corrected chi connectivity index (χ1v) is 9.07. The second-order valence-corrected chi connectivity index (χ2v) is 8.49. The van der Waals surface area contributed by atoms with E-state index in [1.165, 1.54) is 0 Å². The van der Waals surface area contributed by atoms with Crippen molar-refractivity contribution in [3.05, 3.63) is 30.1 Å². The maximum absolute atomic E-state index is 12.2. The second kappa shape index (κ2) is 5.53. The summed E-state index contributed by atoms with van der Waals surface area (Å²) in [6.07, 6.45) is 6.11. The number of aromatic nitrogens is 1. The Bertz CT molecular complexity index is 559. The molecule has 3 atom stereocenters. The predicted octanol–water partition coefficient (Wildman–Crippen LogP) is 2.34. The minimum absolute atomic E-state index is 0.271. The Hall–Kier alpha value is -1.07. The molecule has 0 aromatic carbocycles. The topological polar surface area (TPSA) is 42.4 Å². The van der Waals surface area contributed by atoms with E-state index in [0.717, 1.165) is 37.2 Å². The molecule has 1 amide bonds. The molecule has 2 aliphatic heterocycles. The number of hydrogen-bond donors (Lipinski definition) is 0. The number of thioether (sulfide) groups is 1. The van der Waals surface area contributed by atoms with Gasteiger partial charge >= 0.3 is 0 Å². The average Bonchev–Trinajstić information content (AvgIpc) is 3.08. The van der Waals surface area contributed by atoms with Crippen molar-refractivity contribution < 1.29 is 9.53 Å². The molecule has 5 heteroatoms. The van der Waals surface area contributed by atoms with E-state index in [2.05, 4.69) is 16.8 Å². The van der Waals surface area contributed by atoms with Gasteiger partial charge in [-0.15, -0.1) is 11.8 Å². The quantitative estimate of drug-likeness (QED) is 0.854. The summed E-state index contributed by atoms with van der Waals surface area (Å²) in [4.78, 5) is 18.4. The Balaban J connectivity index is 1.24.